The van der Waals surface area contributed by atoms with Crippen molar-refractivity contribution in [1.29, 1.82) is 0 Å². The van der Waals surface area contributed by atoms with Crippen LogP contribution in [0.5, 0.6) is 0 Å². The molecule has 4 heteroatoms. The zero-order chi connectivity index (χ0) is 6.15. The molecule has 1 N–H and O–H groups in total. The number of aliphatic hydroxyl groups excluding tert-OH is 1. The van der Waals surface area contributed by atoms with Gasteiger partial charge in [-0.25, -0.2) is 0 Å². The fourth-order valence-corrected chi connectivity index (χ4v) is 0.557. The Kier molecular flexibility index (Phi) is 3.79. The molecule has 0 radical (unpaired) electrons. The largest absolute Gasteiger partial charge is 0.577 e. The van der Waals surface area contributed by atoms with E-state index in [1.165, 1.54) is 0 Å². The predicted octanol–water partition coefficient (Wildman–Crippen LogP) is 0.704. The molecule has 0 bridgehead atoms. The zero-order valence-corrected chi connectivity index (χ0v) is 9.66. The van der Waals surface area contributed by atoms with Crippen molar-refractivity contribution in [3.8, 4) is 0 Å². The number of rotatable bonds is 0. The second kappa shape index (κ2) is 3.60. The Morgan fingerprint density at radius 2 is 2.22 bits per heavy atom. The third kappa shape index (κ3) is 1.96. The number of hydrogen-bond donors (Lipinski definition) is 1. The summed E-state index contributed by atoms with van der Waals surface area (Å²) in [5.41, 5.74) is 4.46. The van der Waals surface area contributed by atoms with E-state index in [9.17, 15) is 0 Å². The summed E-state index contributed by atoms with van der Waals surface area (Å²) in [6.07, 6.45) is -0.588. The van der Waals surface area contributed by atoms with Gasteiger partial charge < -0.3 is 15.6 Å². The summed E-state index contributed by atoms with van der Waals surface area (Å²) in [5, 5.41) is 12.6. The van der Waals surface area contributed by atoms with Crippen LogP contribution >= 0.6 is 0 Å². The Morgan fingerprint density at radius 3 is 2.33 bits per heavy atom. The van der Waals surface area contributed by atoms with Gasteiger partial charge in [-0.15, -0.1) is 0 Å². The van der Waals surface area contributed by atoms with Crippen LogP contribution in [-0.2, 0) is 0 Å². The quantitative estimate of drug-likeness (QED) is 0.687. The van der Waals surface area contributed by atoms with E-state index in [2.05, 4.69) is 10.5 Å². The summed E-state index contributed by atoms with van der Waals surface area (Å²) in [7, 11) is 0. The van der Waals surface area contributed by atoms with Crippen molar-refractivity contribution in [2.45, 2.75) is 20.1 Å². The summed E-state index contributed by atoms with van der Waals surface area (Å²) >= 11 is 0. The second-order valence-electron chi connectivity index (χ2n) is 2.06. The maximum atomic E-state index is 8.89. The molecule has 1 heterocycles. The minimum Gasteiger partial charge on any atom is -0.577 e. The maximum Gasteiger partial charge on any atom is 0.00418 e. The Bertz CT molecular complexity index is 126. The van der Waals surface area contributed by atoms with Crippen LogP contribution in [0.15, 0.2) is 5.10 Å². The molecule has 2 atom stereocenters. The first-order chi connectivity index (χ1) is 3.72. The number of aliphatic hydroxyl groups is 1. The molecule has 1 aliphatic rings. The molecule has 3 nitrogen and oxygen atoms in total. The first-order valence-electron chi connectivity index (χ1n) is 2.64. The van der Waals surface area contributed by atoms with E-state index in [4.69, 9.17) is 5.11 Å². The van der Waals surface area contributed by atoms with Gasteiger partial charge in [0.15, 0.2) is 0 Å². The summed E-state index contributed by atoms with van der Waals surface area (Å²) < 4.78 is 0. The first kappa shape index (κ1) is 9.48. The summed E-state index contributed by atoms with van der Waals surface area (Å²) in [4.78, 5) is 0. The minimum atomic E-state index is -0.588. The summed E-state index contributed by atoms with van der Waals surface area (Å²) in [6.45, 7) is 3.77. The average Bonchev–Trinajstić information content (AvgIpc) is 1.98. The average molecular weight is 351 g/mol. The standard InChI is InChI=1S/C5H9N2O.U/c1-3-4(2)6-7-5(3)8;/h3,5,8H,1-2H3;/q-1;. The van der Waals surface area contributed by atoms with E-state index in [1.807, 2.05) is 13.8 Å². The van der Waals surface area contributed by atoms with Crippen molar-refractivity contribution in [3.05, 3.63) is 5.43 Å². The van der Waals surface area contributed by atoms with E-state index >= 15 is 0 Å². The topological polar surface area (TPSA) is 46.7 Å². The molecule has 0 aromatic heterocycles. The normalized spacial score (nSPS) is 32.6. The van der Waals surface area contributed by atoms with Gasteiger partial charge in [0, 0.05) is 43.3 Å². The van der Waals surface area contributed by atoms with E-state index in [0.29, 0.717) is 0 Å². The molecule has 0 saturated heterocycles. The van der Waals surface area contributed by atoms with Gasteiger partial charge in [0.2, 0.25) is 0 Å². The van der Waals surface area contributed by atoms with E-state index in [-0.39, 0.29) is 37.0 Å². The molecule has 0 amide bonds. The van der Waals surface area contributed by atoms with Crippen LogP contribution in [0.25, 0.3) is 5.43 Å². The predicted molar refractivity (Wildman–Crippen MR) is 31.6 cm³/mol. The molecular weight excluding hydrogens is 342 g/mol. The van der Waals surface area contributed by atoms with Crippen LogP contribution in [0.1, 0.15) is 13.8 Å². The molecule has 1 rings (SSSR count). The molecule has 1 aliphatic heterocycles. The van der Waals surface area contributed by atoms with Crippen LogP contribution in [0.2, 0.25) is 0 Å². The third-order valence-electron chi connectivity index (χ3n) is 1.44. The van der Waals surface area contributed by atoms with Gasteiger partial charge in [0.25, 0.3) is 0 Å². The Morgan fingerprint density at radius 1 is 1.67 bits per heavy atom. The molecular formula is C5H9N2OU-. The third-order valence-corrected chi connectivity index (χ3v) is 1.44. The number of nitrogens with zero attached hydrogens (tertiary/aromatic N) is 2. The first-order valence-corrected chi connectivity index (χ1v) is 2.64. The molecule has 2 unspecified atom stereocenters. The molecule has 9 heavy (non-hydrogen) atoms. The molecule has 0 spiro atoms. The Balaban J connectivity index is 0.000000640. The minimum absolute atomic E-state index is 0. The van der Waals surface area contributed by atoms with Crippen LogP contribution in [0.3, 0.4) is 0 Å². The van der Waals surface area contributed by atoms with Gasteiger partial charge in [-0.2, -0.15) is 0 Å². The van der Waals surface area contributed by atoms with Gasteiger partial charge in [0.1, 0.15) is 0 Å². The van der Waals surface area contributed by atoms with Crippen LogP contribution in [0, 0.1) is 37.0 Å². The van der Waals surface area contributed by atoms with Crippen molar-refractivity contribution < 1.29 is 36.2 Å². The molecule has 50 valence electrons. The Hall–Kier alpha value is 0.482. The zero-order valence-electron chi connectivity index (χ0n) is 5.50. The van der Waals surface area contributed by atoms with E-state index in [0.717, 1.165) is 5.71 Å². The van der Waals surface area contributed by atoms with Gasteiger partial charge in [-0.3, -0.25) is 0 Å². The summed E-state index contributed by atoms with van der Waals surface area (Å²) in [5.74, 6) is 0.120. The number of hydrogen-bond acceptors (Lipinski definition) is 2. The van der Waals surface area contributed by atoms with Gasteiger partial charge in [0.05, 0.1) is 0 Å². The van der Waals surface area contributed by atoms with Crippen LogP contribution in [0.4, 0.5) is 0 Å². The van der Waals surface area contributed by atoms with E-state index < -0.39 is 6.23 Å². The Labute approximate surface area is 78.3 Å². The van der Waals surface area contributed by atoms with Gasteiger partial charge in [-0.05, 0) is 12.6 Å². The molecule has 0 aliphatic carbocycles. The molecule has 0 aromatic rings. The SMILES string of the molecule is CC1=N[N-]C(O)C1C.[U]. The van der Waals surface area contributed by atoms with E-state index in [1.54, 1.807) is 0 Å². The fraction of sp³-hybridized carbons (Fsp3) is 0.800. The van der Waals surface area contributed by atoms with Crippen molar-refractivity contribution in [3.63, 3.8) is 0 Å². The van der Waals surface area contributed by atoms with Crippen molar-refractivity contribution >= 4 is 5.71 Å². The van der Waals surface area contributed by atoms with Crippen LogP contribution < -0.4 is 0 Å². The molecule has 0 aromatic carbocycles. The summed E-state index contributed by atoms with van der Waals surface area (Å²) in [6, 6.07) is 0. The molecule has 0 saturated carbocycles. The monoisotopic (exact) mass is 351 g/mol. The molecule has 0 fully saturated rings. The van der Waals surface area contributed by atoms with Crippen molar-refractivity contribution in [1.82, 2.24) is 0 Å². The fourth-order valence-electron chi connectivity index (χ4n) is 0.557. The van der Waals surface area contributed by atoms with Gasteiger partial charge >= 0.3 is 0 Å². The maximum absolute atomic E-state index is 8.89. The van der Waals surface area contributed by atoms with Crippen molar-refractivity contribution in [2.24, 2.45) is 11.0 Å². The van der Waals surface area contributed by atoms with Crippen molar-refractivity contribution in [2.75, 3.05) is 0 Å². The van der Waals surface area contributed by atoms with Gasteiger partial charge in [-0.1, -0.05) is 6.92 Å². The second-order valence-corrected chi connectivity index (χ2v) is 2.06. The smallest absolute Gasteiger partial charge is 0.00418 e. The van der Waals surface area contributed by atoms with Crippen LogP contribution in [-0.4, -0.2) is 17.0 Å².